The van der Waals surface area contributed by atoms with Crippen molar-refractivity contribution in [3.63, 3.8) is 0 Å². The van der Waals surface area contributed by atoms with E-state index in [-0.39, 0.29) is 11.9 Å². The number of anilines is 2. The summed E-state index contributed by atoms with van der Waals surface area (Å²) in [4.78, 5) is 24.6. The smallest absolute Gasteiger partial charge is 0.282 e. The average molecular weight is 356 g/mol. The van der Waals surface area contributed by atoms with Gasteiger partial charge in [0, 0.05) is 18.1 Å². The summed E-state index contributed by atoms with van der Waals surface area (Å²) in [7, 11) is 0. The van der Waals surface area contributed by atoms with Gasteiger partial charge in [0.2, 0.25) is 5.95 Å². The highest BCUT2D eigenvalue weighted by atomic mass is 16.5. The molecule has 0 aliphatic carbocycles. The van der Waals surface area contributed by atoms with E-state index >= 15 is 0 Å². The lowest BCUT2D eigenvalue weighted by Crippen LogP contribution is -3.19. The fourth-order valence-electron chi connectivity index (χ4n) is 3.12. The number of carbonyl (C=O) groups excluding carboxylic acids is 1. The average Bonchev–Trinajstić information content (AvgIpc) is 2.70. The molecule has 1 amide bonds. The van der Waals surface area contributed by atoms with Gasteiger partial charge in [-0.15, -0.1) is 0 Å². The monoisotopic (exact) mass is 356 g/mol. The molecular formula is C19H26N5O2+. The van der Waals surface area contributed by atoms with Gasteiger partial charge in [0.05, 0.1) is 32.8 Å². The van der Waals surface area contributed by atoms with Gasteiger partial charge >= 0.3 is 0 Å². The number of quaternary nitrogens is 1. The van der Waals surface area contributed by atoms with Crippen LogP contribution in [0, 0.1) is 0 Å². The minimum absolute atomic E-state index is 0.0357. The Labute approximate surface area is 154 Å². The molecule has 0 saturated carbocycles. The van der Waals surface area contributed by atoms with E-state index in [0.29, 0.717) is 6.61 Å². The summed E-state index contributed by atoms with van der Waals surface area (Å²) in [6.45, 7) is 8.02. The van der Waals surface area contributed by atoms with Crippen molar-refractivity contribution in [2.24, 2.45) is 0 Å². The first-order valence-corrected chi connectivity index (χ1v) is 9.07. The maximum absolute atomic E-state index is 12.6. The first-order valence-electron chi connectivity index (χ1n) is 9.07. The van der Waals surface area contributed by atoms with Crippen LogP contribution in [0.1, 0.15) is 13.8 Å². The number of hydrogen-bond donors (Lipinski definition) is 2. The largest absolute Gasteiger partial charge is 0.494 e. The molecule has 0 bridgehead atoms. The highest BCUT2D eigenvalue weighted by Crippen LogP contribution is 2.15. The fourth-order valence-corrected chi connectivity index (χ4v) is 3.12. The van der Waals surface area contributed by atoms with Gasteiger partial charge in [-0.3, -0.25) is 4.79 Å². The second-order valence-electron chi connectivity index (χ2n) is 6.36. The van der Waals surface area contributed by atoms with Crippen molar-refractivity contribution < 1.29 is 14.4 Å². The Kier molecular flexibility index (Phi) is 6.01. The van der Waals surface area contributed by atoms with E-state index in [1.54, 1.807) is 12.4 Å². The van der Waals surface area contributed by atoms with Gasteiger partial charge in [-0.2, -0.15) is 0 Å². The molecule has 1 atom stereocenters. The standard InChI is InChI=1S/C19H25N5O2/c1-3-26-17-7-5-16(6-8-17)22-18(25)15(2)23-11-13-24(14-12-23)19-20-9-4-10-21-19/h4-10,15H,3,11-14H2,1-2H3,(H,22,25)/p+1/t15-/m0/s1. The SMILES string of the molecule is CCOc1ccc(NC(=O)[C@H](C)[NH+]2CCN(c3ncccn3)CC2)cc1. The lowest BCUT2D eigenvalue weighted by atomic mass is 10.2. The molecule has 1 aliphatic rings. The van der Waals surface area contributed by atoms with Crippen molar-refractivity contribution in [2.45, 2.75) is 19.9 Å². The lowest BCUT2D eigenvalue weighted by Gasteiger charge is -2.34. The van der Waals surface area contributed by atoms with Gasteiger partial charge in [0.1, 0.15) is 5.75 Å². The van der Waals surface area contributed by atoms with E-state index in [0.717, 1.165) is 43.6 Å². The van der Waals surface area contributed by atoms with E-state index in [4.69, 9.17) is 4.74 Å². The topological polar surface area (TPSA) is 71.8 Å². The molecule has 0 spiro atoms. The van der Waals surface area contributed by atoms with Gasteiger partial charge < -0.3 is 19.9 Å². The van der Waals surface area contributed by atoms with Crippen LogP contribution in [-0.4, -0.2) is 54.7 Å². The van der Waals surface area contributed by atoms with Crippen LogP contribution in [0.2, 0.25) is 0 Å². The molecule has 138 valence electrons. The van der Waals surface area contributed by atoms with E-state index in [1.165, 1.54) is 4.90 Å². The Hall–Kier alpha value is -2.67. The van der Waals surface area contributed by atoms with Crippen molar-refractivity contribution in [3.05, 3.63) is 42.7 Å². The van der Waals surface area contributed by atoms with Crippen molar-refractivity contribution in [3.8, 4) is 5.75 Å². The quantitative estimate of drug-likeness (QED) is 0.793. The summed E-state index contributed by atoms with van der Waals surface area (Å²) in [5.74, 6) is 1.61. The van der Waals surface area contributed by atoms with E-state index in [1.807, 2.05) is 44.2 Å². The predicted octanol–water partition coefficient (Wildman–Crippen LogP) is 0.607. The Bertz CT molecular complexity index is 700. The zero-order valence-corrected chi connectivity index (χ0v) is 15.3. The summed E-state index contributed by atoms with van der Waals surface area (Å²) in [5, 5.41) is 3.00. The summed E-state index contributed by atoms with van der Waals surface area (Å²) in [5.41, 5.74) is 0.793. The Morgan fingerprint density at radius 1 is 1.23 bits per heavy atom. The van der Waals surface area contributed by atoms with Crippen molar-refractivity contribution in [1.29, 1.82) is 0 Å². The number of nitrogens with zero attached hydrogens (tertiary/aromatic N) is 3. The van der Waals surface area contributed by atoms with Crippen LogP contribution >= 0.6 is 0 Å². The van der Waals surface area contributed by atoms with Crippen LogP contribution in [-0.2, 0) is 4.79 Å². The van der Waals surface area contributed by atoms with Crippen LogP contribution in [0.5, 0.6) is 5.75 Å². The highest BCUT2D eigenvalue weighted by Gasteiger charge is 2.29. The molecule has 2 aromatic rings. The number of piperazine rings is 1. The fraction of sp³-hybridized carbons (Fsp3) is 0.421. The minimum atomic E-state index is -0.111. The highest BCUT2D eigenvalue weighted by molar-refractivity contribution is 5.93. The van der Waals surface area contributed by atoms with Gasteiger partial charge in [-0.1, -0.05) is 0 Å². The Morgan fingerprint density at radius 2 is 1.88 bits per heavy atom. The third-order valence-electron chi connectivity index (χ3n) is 4.68. The third-order valence-corrected chi connectivity index (χ3v) is 4.68. The molecule has 3 rings (SSSR count). The summed E-state index contributed by atoms with van der Waals surface area (Å²) >= 11 is 0. The zero-order valence-electron chi connectivity index (χ0n) is 15.3. The maximum Gasteiger partial charge on any atom is 0.282 e. The second kappa shape index (κ2) is 8.62. The number of benzene rings is 1. The lowest BCUT2D eigenvalue weighted by molar-refractivity contribution is -0.914. The molecule has 0 unspecified atom stereocenters. The summed E-state index contributed by atoms with van der Waals surface area (Å²) in [6.07, 6.45) is 3.52. The molecule has 7 heteroatoms. The van der Waals surface area contributed by atoms with Crippen LogP contribution < -0.4 is 19.9 Å². The van der Waals surface area contributed by atoms with E-state index in [9.17, 15) is 4.79 Å². The molecule has 1 fully saturated rings. The third kappa shape index (κ3) is 4.49. The van der Waals surface area contributed by atoms with Gasteiger partial charge in [0.25, 0.3) is 5.91 Å². The molecule has 2 heterocycles. The number of hydrogen-bond acceptors (Lipinski definition) is 5. The second-order valence-corrected chi connectivity index (χ2v) is 6.36. The maximum atomic E-state index is 12.6. The number of amides is 1. The zero-order chi connectivity index (χ0) is 18.4. The molecule has 7 nitrogen and oxygen atoms in total. The number of rotatable bonds is 6. The number of ether oxygens (including phenoxy) is 1. The number of nitrogens with one attached hydrogen (secondary N) is 2. The van der Waals surface area contributed by atoms with Crippen molar-refractivity contribution >= 4 is 17.5 Å². The van der Waals surface area contributed by atoms with Gasteiger partial charge in [-0.25, -0.2) is 9.97 Å². The van der Waals surface area contributed by atoms with Crippen LogP contribution in [0.3, 0.4) is 0 Å². The number of carbonyl (C=O) groups is 1. The normalized spacial score (nSPS) is 16.2. The van der Waals surface area contributed by atoms with Gasteiger partial charge in [-0.05, 0) is 44.2 Å². The molecular weight excluding hydrogens is 330 g/mol. The molecule has 26 heavy (non-hydrogen) atoms. The molecule has 1 aromatic heterocycles. The first-order chi connectivity index (χ1) is 12.7. The van der Waals surface area contributed by atoms with Crippen LogP contribution in [0.15, 0.2) is 42.7 Å². The molecule has 1 aliphatic heterocycles. The van der Waals surface area contributed by atoms with Crippen molar-refractivity contribution in [2.75, 3.05) is 43.0 Å². The molecule has 2 N–H and O–H groups in total. The van der Waals surface area contributed by atoms with Crippen LogP contribution in [0.25, 0.3) is 0 Å². The molecule has 1 aromatic carbocycles. The Balaban J connectivity index is 1.51. The first kappa shape index (κ1) is 18.1. The van der Waals surface area contributed by atoms with Crippen molar-refractivity contribution in [1.82, 2.24) is 9.97 Å². The van der Waals surface area contributed by atoms with E-state index in [2.05, 4.69) is 20.2 Å². The molecule has 1 saturated heterocycles. The summed E-state index contributed by atoms with van der Waals surface area (Å²) in [6, 6.07) is 9.19. The Morgan fingerprint density at radius 3 is 2.50 bits per heavy atom. The van der Waals surface area contributed by atoms with Gasteiger partial charge in [0.15, 0.2) is 6.04 Å². The minimum Gasteiger partial charge on any atom is -0.494 e. The number of aromatic nitrogens is 2. The summed E-state index contributed by atoms with van der Waals surface area (Å²) < 4.78 is 5.42. The van der Waals surface area contributed by atoms with Crippen LogP contribution in [0.4, 0.5) is 11.6 Å². The van der Waals surface area contributed by atoms with E-state index < -0.39 is 0 Å². The molecule has 0 radical (unpaired) electrons. The predicted molar refractivity (Wildman–Crippen MR) is 101 cm³/mol.